The summed E-state index contributed by atoms with van der Waals surface area (Å²) in [5.74, 6) is 0. The number of hydrogen-bond acceptors (Lipinski definition) is 3. The first kappa shape index (κ1) is 14.5. The van der Waals surface area contributed by atoms with Gasteiger partial charge in [-0.2, -0.15) is 0 Å². The normalized spacial score (nSPS) is 11.1. The van der Waals surface area contributed by atoms with Gasteiger partial charge in [-0.05, 0) is 49.7 Å². The molecule has 1 heterocycles. The van der Waals surface area contributed by atoms with Gasteiger partial charge in [-0.1, -0.05) is 35.9 Å². The van der Waals surface area contributed by atoms with Crippen LogP contribution < -0.4 is 10.9 Å². The van der Waals surface area contributed by atoms with Crippen LogP contribution in [-0.4, -0.2) is 0 Å². The van der Waals surface area contributed by atoms with E-state index in [2.05, 4.69) is 11.4 Å². The Morgan fingerprint density at radius 2 is 1.67 bits per heavy atom. The second kappa shape index (κ2) is 5.53. The fourth-order valence-corrected chi connectivity index (χ4v) is 2.99. The van der Waals surface area contributed by atoms with Crippen LogP contribution in [0.3, 0.4) is 0 Å². The molecule has 3 heteroatoms. The van der Waals surface area contributed by atoms with Crippen LogP contribution in [0.2, 0.25) is 0 Å². The molecule has 4 aromatic rings. The number of para-hydroxylation sites is 1. The minimum atomic E-state index is -0.310. The van der Waals surface area contributed by atoms with Gasteiger partial charge >= 0.3 is 5.63 Å². The van der Waals surface area contributed by atoms with Crippen LogP contribution in [0.5, 0.6) is 0 Å². The monoisotopic (exact) mass is 315 g/mol. The average Bonchev–Trinajstić information content (AvgIpc) is 2.58. The highest BCUT2D eigenvalue weighted by atomic mass is 16.4. The van der Waals surface area contributed by atoms with E-state index in [1.165, 1.54) is 0 Å². The molecule has 0 aliphatic rings. The van der Waals surface area contributed by atoms with E-state index in [0.717, 1.165) is 33.3 Å². The van der Waals surface area contributed by atoms with Crippen LogP contribution in [-0.2, 0) is 0 Å². The van der Waals surface area contributed by atoms with Crippen molar-refractivity contribution in [2.24, 2.45) is 0 Å². The maximum absolute atomic E-state index is 12.4. The third-order valence-corrected chi connectivity index (χ3v) is 4.29. The van der Waals surface area contributed by atoms with Crippen LogP contribution in [0.25, 0.3) is 21.7 Å². The minimum Gasteiger partial charge on any atom is -0.422 e. The minimum absolute atomic E-state index is 0.310. The van der Waals surface area contributed by atoms with Gasteiger partial charge in [0.25, 0.3) is 0 Å². The molecule has 4 rings (SSSR count). The van der Waals surface area contributed by atoms with E-state index in [0.29, 0.717) is 11.0 Å². The van der Waals surface area contributed by atoms with E-state index in [1.54, 1.807) is 0 Å². The van der Waals surface area contributed by atoms with Crippen molar-refractivity contribution in [1.29, 1.82) is 0 Å². The molecule has 0 radical (unpaired) electrons. The van der Waals surface area contributed by atoms with Gasteiger partial charge in [0.2, 0.25) is 0 Å². The maximum atomic E-state index is 12.4. The fourth-order valence-electron chi connectivity index (χ4n) is 2.99. The molecule has 0 aliphatic heterocycles. The second-order valence-electron chi connectivity index (χ2n) is 6.09. The molecule has 0 aliphatic carbocycles. The number of nitrogens with one attached hydrogen (secondary N) is 1. The summed E-state index contributed by atoms with van der Waals surface area (Å²) in [6, 6.07) is 19.7. The third kappa shape index (κ3) is 2.44. The molecule has 0 unspecified atom stereocenters. The maximum Gasteiger partial charge on any atom is 0.344 e. The van der Waals surface area contributed by atoms with E-state index in [4.69, 9.17) is 4.42 Å². The molecule has 0 saturated heterocycles. The quantitative estimate of drug-likeness (QED) is 0.403. The van der Waals surface area contributed by atoms with Crippen molar-refractivity contribution in [2.75, 3.05) is 5.32 Å². The molecule has 0 saturated carbocycles. The zero-order valence-electron chi connectivity index (χ0n) is 13.6. The second-order valence-corrected chi connectivity index (χ2v) is 6.09. The highest BCUT2D eigenvalue weighted by Crippen LogP contribution is 2.27. The Kier molecular flexibility index (Phi) is 3.35. The zero-order valence-corrected chi connectivity index (χ0v) is 13.6. The number of rotatable bonds is 2. The lowest BCUT2D eigenvalue weighted by Crippen LogP contribution is -2.01. The third-order valence-electron chi connectivity index (χ3n) is 4.29. The van der Waals surface area contributed by atoms with Gasteiger partial charge in [0, 0.05) is 22.1 Å². The Morgan fingerprint density at radius 3 is 2.50 bits per heavy atom. The van der Waals surface area contributed by atoms with Crippen molar-refractivity contribution in [3.8, 4) is 0 Å². The van der Waals surface area contributed by atoms with Crippen molar-refractivity contribution in [2.45, 2.75) is 13.8 Å². The van der Waals surface area contributed by atoms with Gasteiger partial charge in [0.1, 0.15) is 5.58 Å². The topological polar surface area (TPSA) is 42.2 Å². The number of benzene rings is 3. The molecule has 0 spiro atoms. The predicted molar refractivity (Wildman–Crippen MR) is 99.2 cm³/mol. The molecule has 24 heavy (non-hydrogen) atoms. The number of hydrogen-bond donors (Lipinski definition) is 1. The fraction of sp³-hybridized carbons (Fsp3) is 0.0952. The van der Waals surface area contributed by atoms with Crippen molar-refractivity contribution in [3.05, 3.63) is 82.2 Å². The molecule has 0 amide bonds. The highest BCUT2D eigenvalue weighted by Gasteiger charge is 2.09. The molecule has 0 bridgehead atoms. The van der Waals surface area contributed by atoms with Crippen LogP contribution in [0.4, 0.5) is 11.4 Å². The van der Waals surface area contributed by atoms with Crippen LogP contribution in [0.15, 0.2) is 69.9 Å². The Balaban J connectivity index is 1.89. The van der Waals surface area contributed by atoms with Crippen molar-refractivity contribution >= 4 is 33.1 Å². The summed E-state index contributed by atoms with van der Waals surface area (Å²) in [6.07, 6.45) is 0. The van der Waals surface area contributed by atoms with E-state index < -0.39 is 0 Å². The molecular weight excluding hydrogens is 298 g/mol. The Hall–Kier alpha value is -3.07. The van der Waals surface area contributed by atoms with E-state index in [1.807, 2.05) is 68.4 Å². The molecule has 0 atom stereocenters. The summed E-state index contributed by atoms with van der Waals surface area (Å²) in [5.41, 5.74) is 4.50. The first-order valence-corrected chi connectivity index (χ1v) is 7.92. The molecule has 1 N–H and O–H groups in total. The Labute approximate surface area is 139 Å². The zero-order chi connectivity index (χ0) is 16.7. The predicted octanol–water partition coefficient (Wildman–Crippen LogP) is 5.31. The summed E-state index contributed by atoms with van der Waals surface area (Å²) in [4.78, 5) is 12.4. The lowest BCUT2D eigenvalue weighted by atomic mass is 10.0. The van der Waals surface area contributed by atoms with Gasteiger partial charge in [-0.3, -0.25) is 0 Å². The molecule has 3 aromatic carbocycles. The number of anilines is 2. The average molecular weight is 315 g/mol. The highest BCUT2D eigenvalue weighted by molar-refractivity contribution is 6.05. The lowest BCUT2D eigenvalue weighted by molar-refractivity contribution is 0.569. The molecule has 3 nitrogen and oxygen atoms in total. The summed E-state index contributed by atoms with van der Waals surface area (Å²) in [7, 11) is 0. The van der Waals surface area contributed by atoms with Crippen molar-refractivity contribution in [1.82, 2.24) is 0 Å². The van der Waals surface area contributed by atoms with Gasteiger partial charge in [-0.25, -0.2) is 4.79 Å². The molecule has 1 aromatic heterocycles. The van der Waals surface area contributed by atoms with Crippen molar-refractivity contribution < 1.29 is 4.42 Å². The molecular formula is C21H17NO2. The van der Waals surface area contributed by atoms with Gasteiger partial charge in [-0.15, -0.1) is 0 Å². The SMILES string of the molecule is Cc1ccc2oc(=O)c3cc(Nc4ccccc4C)ccc3c2c1. The van der Waals surface area contributed by atoms with E-state index in [-0.39, 0.29) is 5.63 Å². The summed E-state index contributed by atoms with van der Waals surface area (Å²) in [6.45, 7) is 4.08. The smallest absolute Gasteiger partial charge is 0.344 e. The van der Waals surface area contributed by atoms with E-state index in [9.17, 15) is 4.79 Å². The first-order chi connectivity index (χ1) is 11.6. The van der Waals surface area contributed by atoms with Crippen LogP contribution >= 0.6 is 0 Å². The van der Waals surface area contributed by atoms with Gasteiger partial charge in [0.15, 0.2) is 0 Å². The largest absolute Gasteiger partial charge is 0.422 e. The molecule has 118 valence electrons. The van der Waals surface area contributed by atoms with E-state index >= 15 is 0 Å². The number of aryl methyl sites for hydroxylation is 2. The summed E-state index contributed by atoms with van der Waals surface area (Å²) in [5, 5.41) is 5.84. The van der Waals surface area contributed by atoms with Crippen molar-refractivity contribution in [3.63, 3.8) is 0 Å². The molecule has 0 fully saturated rings. The summed E-state index contributed by atoms with van der Waals surface area (Å²) < 4.78 is 5.48. The van der Waals surface area contributed by atoms with Gasteiger partial charge in [0.05, 0.1) is 5.39 Å². The Bertz CT molecular complexity index is 1130. The number of fused-ring (bicyclic) bond motifs is 3. The standard InChI is InChI=1S/C21H17NO2/c1-13-7-10-20-17(11-13)16-9-8-15(12-18(16)21(23)24-20)22-19-6-4-3-5-14(19)2/h3-12,22H,1-2H3. The lowest BCUT2D eigenvalue weighted by Gasteiger charge is -2.10. The van der Waals surface area contributed by atoms with Gasteiger partial charge < -0.3 is 9.73 Å². The Morgan fingerprint density at radius 1 is 0.833 bits per heavy atom. The summed E-state index contributed by atoms with van der Waals surface area (Å²) >= 11 is 0. The first-order valence-electron chi connectivity index (χ1n) is 7.92. The van der Waals surface area contributed by atoms with Crippen LogP contribution in [0, 0.1) is 13.8 Å². The van der Waals surface area contributed by atoms with Crippen LogP contribution in [0.1, 0.15) is 11.1 Å².